The Morgan fingerprint density at radius 2 is 1.44 bits per heavy atom. The smallest absolute Gasteiger partial charge is 0.326 e. The zero-order chi connectivity index (χ0) is 35.0. The zero-order valence-corrected chi connectivity index (χ0v) is 26.4. The summed E-state index contributed by atoms with van der Waals surface area (Å²) in [6.07, 6.45) is 5.97. The van der Waals surface area contributed by atoms with E-state index in [4.69, 9.17) is 5.73 Å². The number of carbonyl (C=O) groups excluding carboxylic acids is 5. The molecule has 0 spiro atoms. The van der Waals surface area contributed by atoms with E-state index in [1.165, 1.54) is 35.6 Å². The minimum absolute atomic E-state index is 0.0121. The van der Waals surface area contributed by atoms with E-state index in [-0.39, 0.29) is 32.4 Å². The topological polar surface area (TPSA) is 289 Å². The molecule has 2 aromatic rings. The highest BCUT2D eigenvalue weighted by Crippen LogP contribution is 2.26. The molecule has 4 rings (SSSR count). The summed E-state index contributed by atoms with van der Waals surface area (Å²) in [5.41, 5.74) is 6.63. The van der Waals surface area contributed by atoms with Crippen molar-refractivity contribution in [3.05, 3.63) is 36.4 Å². The first-order valence-corrected chi connectivity index (χ1v) is 15.7. The van der Waals surface area contributed by atoms with Gasteiger partial charge in [-0.25, -0.2) is 14.8 Å². The number of aromatic amines is 2. The number of carboxylic acid groups (broad SMARTS) is 1. The summed E-state index contributed by atoms with van der Waals surface area (Å²) in [6.45, 7) is 0.926. The number of carboxylic acids is 1. The van der Waals surface area contributed by atoms with Crippen molar-refractivity contribution in [2.24, 2.45) is 5.73 Å². The van der Waals surface area contributed by atoms with Crippen molar-refractivity contribution in [3.8, 4) is 0 Å². The lowest BCUT2D eigenvalue weighted by atomic mass is 10.1. The van der Waals surface area contributed by atoms with Gasteiger partial charge in [0.15, 0.2) is 0 Å². The van der Waals surface area contributed by atoms with Crippen molar-refractivity contribution in [1.82, 2.24) is 45.7 Å². The van der Waals surface area contributed by atoms with Gasteiger partial charge in [0.25, 0.3) is 0 Å². The lowest BCUT2D eigenvalue weighted by molar-refractivity contribution is -0.148. The van der Waals surface area contributed by atoms with E-state index in [0.29, 0.717) is 30.7 Å². The number of nitrogens with one attached hydrogen (secondary N) is 5. The highest BCUT2D eigenvalue weighted by molar-refractivity contribution is 5.97. The van der Waals surface area contributed by atoms with E-state index in [9.17, 15) is 44.1 Å². The van der Waals surface area contributed by atoms with Crippen LogP contribution in [0, 0.1) is 0 Å². The molecule has 10 N–H and O–H groups in total. The van der Waals surface area contributed by atoms with E-state index in [2.05, 4.69) is 35.9 Å². The van der Waals surface area contributed by atoms with Gasteiger partial charge in [0.1, 0.15) is 36.3 Å². The fourth-order valence-corrected chi connectivity index (χ4v) is 5.83. The van der Waals surface area contributed by atoms with Gasteiger partial charge in [-0.3, -0.25) is 24.0 Å². The van der Waals surface area contributed by atoms with E-state index >= 15 is 0 Å². The third kappa shape index (κ3) is 8.72. The number of rotatable bonds is 15. The number of nitrogens with zero attached hydrogens (tertiary/aromatic N) is 4. The Morgan fingerprint density at radius 3 is 1.98 bits per heavy atom. The molecule has 0 aliphatic carbocycles. The van der Waals surface area contributed by atoms with E-state index in [0.717, 1.165) is 0 Å². The number of hydrogen-bond donors (Lipinski definition) is 9. The molecule has 7 atom stereocenters. The minimum Gasteiger partial charge on any atom is -0.480 e. The van der Waals surface area contributed by atoms with Gasteiger partial charge in [-0.2, -0.15) is 0 Å². The van der Waals surface area contributed by atoms with Crippen molar-refractivity contribution in [1.29, 1.82) is 0 Å². The van der Waals surface area contributed by atoms with Gasteiger partial charge in [0.2, 0.25) is 29.5 Å². The Kier molecular flexibility index (Phi) is 12.2. The van der Waals surface area contributed by atoms with Gasteiger partial charge >= 0.3 is 5.97 Å². The average Bonchev–Trinajstić information content (AvgIpc) is 3.89. The average molecular weight is 675 g/mol. The summed E-state index contributed by atoms with van der Waals surface area (Å²) in [5, 5.41) is 36.5. The van der Waals surface area contributed by atoms with Crippen molar-refractivity contribution in [2.75, 3.05) is 19.7 Å². The Labute approximate surface area is 275 Å². The highest BCUT2D eigenvalue weighted by Gasteiger charge is 2.44. The molecule has 262 valence electrons. The molecule has 48 heavy (non-hydrogen) atoms. The predicted octanol–water partition coefficient (Wildman–Crippen LogP) is -3.86. The Balaban J connectivity index is 1.43. The number of aliphatic carboxylic acids is 1. The van der Waals surface area contributed by atoms with Crippen LogP contribution in [0.1, 0.15) is 44.0 Å². The summed E-state index contributed by atoms with van der Waals surface area (Å²) in [4.78, 5) is 94.7. The van der Waals surface area contributed by atoms with Gasteiger partial charge in [-0.15, -0.1) is 0 Å². The molecule has 2 aliphatic heterocycles. The largest absolute Gasteiger partial charge is 0.480 e. The lowest BCUT2D eigenvalue weighted by Crippen LogP contribution is -2.59. The number of imidazole rings is 2. The summed E-state index contributed by atoms with van der Waals surface area (Å²) in [5.74, 6) is -4.79. The van der Waals surface area contributed by atoms with Gasteiger partial charge < -0.3 is 56.8 Å². The van der Waals surface area contributed by atoms with Crippen molar-refractivity contribution in [2.45, 2.75) is 87.8 Å². The molecule has 2 aliphatic rings. The number of amides is 5. The van der Waals surface area contributed by atoms with Crippen LogP contribution in [0.15, 0.2) is 25.0 Å². The number of aliphatic hydroxyl groups is 2. The van der Waals surface area contributed by atoms with Gasteiger partial charge in [0, 0.05) is 38.3 Å². The van der Waals surface area contributed by atoms with Crippen LogP contribution in [0.4, 0.5) is 0 Å². The molecule has 4 heterocycles. The molecule has 19 heteroatoms. The second-order valence-corrected chi connectivity index (χ2v) is 11.9. The van der Waals surface area contributed by atoms with E-state index < -0.39 is 84.5 Å². The van der Waals surface area contributed by atoms with Crippen molar-refractivity contribution >= 4 is 35.5 Å². The number of carbonyl (C=O) groups is 6. The number of hydrogen-bond acceptors (Lipinski definition) is 11. The maximum atomic E-state index is 13.9. The predicted molar refractivity (Wildman–Crippen MR) is 164 cm³/mol. The minimum atomic E-state index is -1.50. The molecule has 0 unspecified atom stereocenters. The van der Waals surface area contributed by atoms with Crippen molar-refractivity contribution in [3.63, 3.8) is 0 Å². The Bertz CT molecular complexity index is 1430. The maximum Gasteiger partial charge on any atom is 0.326 e. The fourth-order valence-electron chi connectivity index (χ4n) is 5.83. The maximum absolute atomic E-state index is 13.9. The number of aliphatic hydroxyl groups excluding tert-OH is 2. The van der Waals surface area contributed by atoms with Gasteiger partial charge in [-0.1, -0.05) is 0 Å². The molecule has 0 bridgehead atoms. The molecule has 19 nitrogen and oxygen atoms in total. The number of nitrogens with two attached hydrogens (primary N) is 1. The molecule has 0 saturated carbocycles. The Hall–Kier alpha value is -4.88. The molecule has 2 saturated heterocycles. The first-order chi connectivity index (χ1) is 22.9. The van der Waals surface area contributed by atoms with Crippen LogP contribution in [0.3, 0.4) is 0 Å². The highest BCUT2D eigenvalue weighted by atomic mass is 16.4. The number of H-pyrrole nitrogens is 2. The summed E-state index contributed by atoms with van der Waals surface area (Å²) >= 11 is 0. The molecule has 0 aromatic carbocycles. The van der Waals surface area contributed by atoms with Crippen LogP contribution in [0.5, 0.6) is 0 Å². The molecular weight excluding hydrogens is 632 g/mol. The fraction of sp³-hybridized carbons (Fsp3) is 0.586. The number of aromatic nitrogens is 4. The first-order valence-electron chi connectivity index (χ1n) is 15.7. The molecule has 2 fully saturated rings. The summed E-state index contributed by atoms with van der Waals surface area (Å²) < 4.78 is 0. The standard InChI is InChI=1S/C29H42N10O9/c1-15(41)23(30)26(44)35-18(8-16-10-31-13-33-16)27(45)39-7-3-5-22(39)28(46)38-6-2-4-21(38)25(43)37-20(12-40)24(42)36-19(29(47)48)9-17-11-32-14-34-17/h10-11,13-15,18-23,40-41H,2-9,12,30H2,1H3,(H,31,33)(H,32,34)(H,35,44)(H,36,42)(H,37,43)(H,47,48)/t15-,18+,19+,20+,21+,22+,23+/m1/s1. The van der Waals surface area contributed by atoms with E-state index in [1.807, 2.05) is 0 Å². The third-order valence-corrected chi connectivity index (χ3v) is 8.46. The van der Waals surface area contributed by atoms with Crippen molar-refractivity contribution < 1.29 is 44.1 Å². The van der Waals surface area contributed by atoms with Crippen LogP contribution in [-0.4, -0.2) is 143 Å². The summed E-state index contributed by atoms with van der Waals surface area (Å²) in [7, 11) is 0. The molecule has 2 aromatic heterocycles. The molecule has 5 amide bonds. The van der Waals surface area contributed by atoms with Crippen LogP contribution in [0.2, 0.25) is 0 Å². The monoisotopic (exact) mass is 674 g/mol. The quantitative estimate of drug-likeness (QED) is 0.0877. The SMILES string of the molecule is C[C@@H](O)[C@H](N)C(=O)N[C@@H](Cc1c[nH]cn1)C(=O)N1CCC[C@H]1C(=O)N1CCC[C@H]1C(=O)N[C@@H](CO)C(=O)N[C@@H](Cc1c[nH]cn1)C(=O)O. The van der Waals surface area contributed by atoms with Crippen LogP contribution in [0.25, 0.3) is 0 Å². The normalized spacial score (nSPS) is 20.8. The number of likely N-dealkylation sites (tertiary alicyclic amines) is 2. The van der Waals surface area contributed by atoms with Crippen LogP contribution >= 0.6 is 0 Å². The molecule has 0 radical (unpaired) electrons. The Morgan fingerprint density at radius 1 is 0.875 bits per heavy atom. The van der Waals surface area contributed by atoms with Gasteiger partial charge in [0.05, 0.1) is 36.8 Å². The second kappa shape index (κ2) is 16.3. The second-order valence-electron chi connectivity index (χ2n) is 11.9. The molecular formula is C29H42N10O9. The summed E-state index contributed by atoms with van der Waals surface area (Å²) in [6, 6.07) is -7.28. The lowest BCUT2D eigenvalue weighted by Gasteiger charge is -2.33. The van der Waals surface area contributed by atoms with E-state index in [1.54, 1.807) is 6.20 Å². The van der Waals surface area contributed by atoms with Crippen LogP contribution < -0.4 is 21.7 Å². The van der Waals surface area contributed by atoms with Crippen LogP contribution in [-0.2, 0) is 41.6 Å². The first kappa shape index (κ1) is 36.0. The van der Waals surface area contributed by atoms with Gasteiger partial charge in [-0.05, 0) is 32.6 Å². The third-order valence-electron chi connectivity index (χ3n) is 8.46. The zero-order valence-electron chi connectivity index (χ0n) is 26.4.